The summed E-state index contributed by atoms with van der Waals surface area (Å²) < 4.78 is 10.5. The van der Waals surface area contributed by atoms with Crippen LogP contribution in [0.3, 0.4) is 0 Å². The predicted molar refractivity (Wildman–Crippen MR) is 137 cm³/mol. The zero-order valence-corrected chi connectivity index (χ0v) is 20.1. The van der Waals surface area contributed by atoms with Crippen molar-refractivity contribution in [1.82, 2.24) is 15.5 Å². The number of aromatic amines is 1. The molecule has 0 aliphatic carbocycles. The number of nitrogens with zero attached hydrogens (tertiary/aromatic N) is 1. The average molecular weight is 477 g/mol. The van der Waals surface area contributed by atoms with E-state index in [1.54, 1.807) is 25.9 Å². The van der Waals surface area contributed by atoms with E-state index >= 15 is 0 Å². The van der Waals surface area contributed by atoms with Gasteiger partial charge in [-0.15, -0.1) is 0 Å². The number of amides is 1. The van der Waals surface area contributed by atoms with Gasteiger partial charge < -0.3 is 20.1 Å². The Morgan fingerprint density at radius 3 is 2.76 bits per heavy atom. The molecule has 1 amide bonds. The van der Waals surface area contributed by atoms with E-state index in [1.165, 1.54) is 0 Å². The summed E-state index contributed by atoms with van der Waals surface area (Å²) in [5.41, 5.74) is 4.55. The Balaban J connectivity index is 1.48. The number of hydrogen-bond acceptors (Lipinski definition) is 6. The quantitative estimate of drug-likeness (QED) is 0.269. The van der Waals surface area contributed by atoms with Gasteiger partial charge in [0.15, 0.2) is 0 Å². The fraction of sp³-hybridized carbons (Fsp3) is 0.231. The number of carbonyl (C=O) groups is 1. The number of fused-ring (bicyclic) bond motifs is 1. The maximum absolute atomic E-state index is 12.2. The third-order valence-electron chi connectivity index (χ3n) is 5.26. The Hall–Kier alpha value is -3.33. The third-order valence-corrected chi connectivity index (χ3v) is 6.33. The molecule has 0 saturated carbocycles. The van der Waals surface area contributed by atoms with Gasteiger partial charge in [0.2, 0.25) is 0 Å². The van der Waals surface area contributed by atoms with Gasteiger partial charge in [-0.25, -0.2) is 0 Å². The maximum Gasteiger partial charge on any atom is 0.252 e. The standard InChI is InChI=1S/C26H28N4O3S/c1-27-26(31)22-8-3-4-9-24(22)34-20-10-11-21-23(17-20)29-30-25(21)18-6-5-7-19(16-18)28-12-13-33-15-14-32-2/h3-11,16-17,28H,12-15H2,1-2H3,(H,27,31)(H,29,30). The van der Waals surface area contributed by atoms with Gasteiger partial charge in [-0.3, -0.25) is 9.89 Å². The van der Waals surface area contributed by atoms with E-state index in [2.05, 4.69) is 51.2 Å². The molecule has 0 spiro atoms. The summed E-state index contributed by atoms with van der Waals surface area (Å²) in [6, 6.07) is 22.0. The van der Waals surface area contributed by atoms with Crippen LogP contribution >= 0.6 is 11.8 Å². The van der Waals surface area contributed by atoms with Crippen LogP contribution in [0.15, 0.2) is 76.5 Å². The first-order chi connectivity index (χ1) is 16.7. The third kappa shape index (κ3) is 5.77. The Labute approximate surface area is 203 Å². The van der Waals surface area contributed by atoms with E-state index in [0.29, 0.717) is 31.9 Å². The molecule has 0 radical (unpaired) electrons. The summed E-state index contributed by atoms with van der Waals surface area (Å²) in [6.45, 7) is 2.52. The predicted octanol–water partition coefficient (Wildman–Crippen LogP) is 4.82. The van der Waals surface area contributed by atoms with Crippen LogP contribution in [-0.4, -0.2) is 56.6 Å². The molecule has 1 aromatic heterocycles. The van der Waals surface area contributed by atoms with Crippen molar-refractivity contribution >= 4 is 34.3 Å². The van der Waals surface area contributed by atoms with Gasteiger partial charge in [0.05, 0.1) is 36.6 Å². The van der Waals surface area contributed by atoms with E-state index in [9.17, 15) is 4.79 Å². The average Bonchev–Trinajstić information content (AvgIpc) is 3.29. The number of rotatable bonds is 11. The summed E-state index contributed by atoms with van der Waals surface area (Å²) in [4.78, 5) is 14.1. The summed E-state index contributed by atoms with van der Waals surface area (Å²) in [5, 5.41) is 14.9. The van der Waals surface area contributed by atoms with Gasteiger partial charge in [-0.2, -0.15) is 5.10 Å². The van der Waals surface area contributed by atoms with Gasteiger partial charge in [-0.1, -0.05) is 36.0 Å². The summed E-state index contributed by atoms with van der Waals surface area (Å²) in [7, 11) is 3.31. The number of carbonyl (C=O) groups excluding carboxylic acids is 1. The largest absolute Gasteiger partial charge is 0.383 e. The summed E-state index contributed by atoms with van der Waals surface area (Å²) in [5.74, 6) is -0.0944. The molecule has 7 nitrogen and oxygen atoms in total. The number of methoxy groups -OCH3 is 1. The van der Waals surface area contributed by atoms with Crippen LogP contribution in [0.5, 0.6) is 0 Å². The van der Waals surface area contributed by atoms with Crippen LogP contribution < -0.4 is 10.6 Å². The molecule has 176 valence electrons. The molecule has 3 aromatic carbocycles. The number of nitrogens with one attached hydrogen (secondary N) is 3. The van der Waals surface area contributed by atoms with E-state index in [0.717, 1.165) is 37.6 Å². The molecule has 34 heavy (non-hydrogen) atoms. The van der Waals surface area contributed by atoms with Crippen molar-refractivity contribution < 1.29 is 14.3 Å². The van der Waals surface area contributed by atoms with Gasteiger partial charge in [-0.05, 0) is 42.5 Å². The number of ether oxygens (including phenoxy) is 2. The number of anilines is 1. The van der Waals surface area contributed by atoms with Crippen LogP contribution in [0.1, 0.15) is 10.4 Å². The molecule has 4 rings (SSSR count). The number of benzene rings is 3. The molecule has 1 heterocycles. The van der Waals surface area contributed by atoms with Crippen molar-refractivity contribution in [2.45, 2.75) is 9.79 Å². The maximum atomic E-state index is 12.2. The van der Waals surface area contributed by atoms with E-state index < -0.39 is 0 Å². The molecule has 0 fully saturated rings. The molecular formula is C26H28N4O3S. The first-order valence-electron chi connectivity index (χ1n) is 11.1. The molecule has 0 aliphatic heterocycles. The Morgan fingerprint density at radius 1 is 1.03 bits per heavy atom. The Morgan fingerprint density at radius 2 is 1.91 bits per heavy atom. The molecule has 0 unspecified atom stereocenters. The highest BCUT2D eigenvalue weighted by Gasteiger charge is 2.13. The van der Waals surface area contributed by atoms with Gasteiger partial charge in [0, 0.05) is 47.1 Å². The number of aromatic nitrogens is 2. The van der Waals surface area contributed by atoms with Gasteiger partial charge >= 0.3 is 0 Å². The number of hydrogen-bond donors (Lipinski definition) is 3. The second-order valence-electron chi connectivity index (χ2n) is 7.57. The Kier molecular flexibility index (Phi) is 8.19. The van der Waals surface area contributed by atoms with Crippen molar-refractivity contribution in [3.8, 4) is 11.3 Å². The molecule has 0 saturated heterocycles. The Bertz CT molecular complexity index is 1260. The van der Waals surface area contributed by atoms with Gasteiger partial charge in [0.1, 0.15) is 0 Å². The van der Waals surface area contributed by atoms with Crippen LogP contribution in [0.4, 0.5) is 5.69 Å². The molecule has 3 N–H and O–H groups in total. The van der Waals surface area contributed by atoms with E-state index in [1.807, 2.05) is 36.4 Å². The second kappa shape index (κ2) is 11.7. The highest BCUT2D eigenvalue weighted by Crippen LogP contribution is 2.34. The van der Waals surface area contributed by atoms with Crippen molar-refractivity contribution in [2.24, 2.45) is 0 Å². The minimum Gasteiger partial charge on any atom is -0.383 e. The van der Waals surface area contributed by atoms with E-state index in [-0.39, 0.29) is 5.91 Å². The molecular weight excluding hydrogens is 448 g/mol. The molecule has 0 aliphatic rings. The minimum atomic E-state index is -0.0944. The van der Waals surface area contributed by atoms with Crippen molar-refractivity contribution in [1.29, 1.82) is 0 Å². The monoisotopic (exact) mass is 476 g/mol. The number of H-pyrrole nitrogens is 1. The zero-order chi connectivity index (χ0) is 23.8. The highest BCUT2D eigenvalue weighted by molar-refractivity contribution is 7.99. The topological polar surface area (TPSA) is 88.3 Å². The van der Waals surface area contributed by atoms with Gasteiger partial charge in [0.25, 0.3) is 5.91 Å². The van der Waals surface area contributed by atoms with Crippen LogP contribution in [0.2, 0.25) is 0 Å². The molecule has 0 bridgehead atoms. The van der Waals surface area contributed by atoms with Crippen molar-refractivity contribution in [2.75, 3.05) is 45.8 Å². The summed E-state index contributed by atoms with van der Waals surface area (Å²) >= 11 is 1.56. The van der Waals surface area contributed by atoms with Crippen LogP contribution in [0, 0.1) is 0 Å². The fourth-order valence-electron chi connectivity index (χ4n) is 3.58. The lowest BCUT2D eigenvalue weighted by atomic mass is 10.1. The lowest BCUT2D eigenvalue weighted by Gasteiger charge is -2.09. The van der Waals surface area contributed by atoms with E-state index in [4.69, 9.17) is 9.47 Å². The highest BCUT2D eigenvalue weighted by atomic mass is 32.2. The minimum absolute atomic E-state index is 0.0944. The molecule has 0 atom stereocenters. The first-order valence-corrected chi connectivity index (χ1v) is 11.9. The SMILES string of the molecule is CNC(=O)c1ccccc1Sc1ccc2c(-c3cccc(NCCOCCOC)c3)n[nH]c2c1. The van der Waals surface area contributed by atoms with Crippen molar-refractivity contribution in [3.63, 3.8) is 0 Å². The van der Waals surface area contributed by atoms with Crippen LogP contribution in [0.25, 0.3) is 22.2 Å². The fourth-order valence-corrected chi connectivity index (χ4v) is 4.56. The smallest absolute Gasteiger partial charge is 0.252 e. The van der Waals surface area contributed by atoms with Crippen LogP contribution in [-0.2, 0) is 9.47 Å². The second-order valence-corrected chi connectivity index (χ2v) is 8.69. The first kappa shape index (κ1) is 23.8. The molecule has 4 aromatic rings. The molecule has 8 heteroatoms. The lowest BCUT2D eigenvalue weighted by molar-refractivity contribution is 0.0759. The normalized spacial score (nSPS) is 11.0. The summed E-state index contributed by atoms with van der Waals surface area (Å²) in [6.07, 6.45) is 0. The van der Waals surface area contributed by atoms with Crippen molar-refractivity contribution in [3.05, 3.63) is 72.3 Å². The lowest BCUT2D eigenvalue weighted by Crippen LogP contribution is -2.18. The zero-order valence-electron chi connectivity index (χ0n) is 19.3.